The number of rotatable bonds is 3. The predicted molar refractivity (Wildman–Crippen MR) is 104 cm³/mol. The largest absolute Gasteiger partial charge is 0.366 e. The van der Waals surface area contributed by atoms with E-state index in [1.807, 2.05) is 36.4 Å². The molecule has 5 heteroatoms. The van der Waals surface area contributed by atoms with Gasteiger partial charge in [-0.25, -0.2) is 4.79 Å². The Kier molecular flexibility index (Phi) is 4.92. The molecule has 138 valence electrons. The van der Waals surface area contributed by atoms with Gasteiger partial charge in [0.05, 0.1) is 6.07 Å². The fourth-order valence-corrected chi connectivity index (χ4v) is 3.62. The van der Waals surface area contributed by atoms with Gasteiger partial charge in [-0.3, -0.25) is 4.79 Å². The Bertz CT molecular complexity index is 952. The van der Waals surface area contributed by atoms with E-state index in [0.717, 1.165) is 29.6 Å². The SMILES string of the molecule is O=C(N1CCC(Cc2ccccc2)CC1)n1oc(-c2ccccc2)cc1=O. The van der Waals surface area contributed by atoms with E-state index >= 15 is 0 Å². The van der Waals surface area contributed by atoms with Crippen molar-refractivity contribution in [1.29, 1.82) is 0 Å². The van der Waals surface area contributed by atoms with Crippen LogP contribution in [0.1, 0.15) is 18.4 Å². The second kappa shape index (κ2) is 7.66. The maximum Gasteiger partial charge on any atom is 0.361 e. The zero-order chi connectivity index (χ0) is 18.6. The Morgan fingerprint density at radius 1 is 0.963 bits per heavy atom. The molecular formula is C22H22N2O3. The molecule has 0 radical (unpaired) electrons. The lowest BCUT2D eigenvalue weighted by molar-refractivity contribution is 0.147. The van der Waals surface area contributed by atoms with Crippen LogP contribution in [0.15, 0.2) is 76.0 Å². The smallest absolute Gasteiger partial charge is 0.361 e. The zero-order valence-electron chi connectivity index (χ0n) is 15.1. The topological polar surface area (TPSA) is 55.5 Å². The molecule has 0 bridgehead atoms. The molecule has 1 fully saturated rings. The van der Waals surface area contributed by atoms with Gasteiger partial charge in [-0.2, -0.15) is 0 Å². The van der Waals surface area contributed by atoms with Crippen molar-refractivity contribution < 1.29 is 9.32 Å². The molecule has 2 heterocycles. The van der Waals surface area contributed by atoms with Crippen LogP contribution in [0.25, 0.3) is 11.3 Å². The molecule has 1 amide bonds. The van der Waals surface area contributed by atoms with E-state index in [1.165, 1.54) is 11.6 Å². The lowest BCUT2D eigenvalue weighted by Gasteiger charge is -2.31. The number of likely N-dealkylation sites (tertiary alicyclic amines) is 1. The van der Waals surface area contributed by atoms with Crippen molar-refractivity contribution in [2.45, 2.75) is 19.3 Å². The van der Waals surface area contributed by atoms with E-state index in [2.05, 4.69) is 24.3 Å². The van der Waals surface area contributed by atoms with Gasteiger partial charge in [0.15, 0.2) is 5.76 Å². The summed E-state index contributed by atoms with van der Waals surface area (Å²) in [6.45, 7) is 1.29. The molecule has 5 nitrogen and oxygen atoms in total. The molecule has 1 aliphatic rings. The number of carbonyl (C=O) groups excluding carboxylic acids is 1. The van der Waals surface area contributed by atoms with E-state index < -0.39 is 5.56 Å². The summed E-state index contributed by atoms with van der Waals surface area (Å²) in [7, 11) is 0. The molecule has 4 rings (SSSR count). The molecule has 1 aliphatic heterocycles. The first-order chi connectivity index (χ1) is 13.2. The van der Waals surface area contributed by atoms with Crippen LogP contribution in [0, 0.1) is 5.92 Å². The molecule has 27 heavy (non-hydrogen) atoms. The standard InChI is InChI=1S/C22H22N2O3/c25-21-16-20(19-9-5-2-6-10-19)27-24(21)22(26)23-13-11-18(12-14-23)15-17-7-3-1-4-8-17/h1-10,16,18H,11-15H2. The molecular weight excluding hydrogens is 340 g/mol. The Labute approximate surface area is 157 Å². The van der Waals surface area contributed by atoms with Gasteiger partial charge < -0.3 is 9.42 Å². The number of hydrogen-bond donors (Lipinski definition) is 0. The third-order valence-electron chi connectivity index (χ3n) is 5.13. The summed E-state index contributed by atoms with van der Waals surface area (Å²) in [5.41, 5.74) is 1.69. The molecule has 0 aliphatic carbocycles. The van der Waals surface area contributed by atoms with Crippen LogP contribution in [0.2, 0.25) is 0 Å². The van der Waals surface area contributed by atoms with Gasteiger partial charge in [-0.05, 0) is 30.7 Å². The van der Waals surface area contributed by atoms with Crippen molar-refractivity contribution in [3.8, 4) is 11.3 Å². The van der Waals surface area contributed by atoms with Gasteiger partial charge in [0.25, 0.3) is 5.56 Å². The summed E-state index contributed by atoms with van der Waals surface area (Å²) in [6.07, 6.45) is 2.89. The fourth-order valence-electron chi connectivity index (χ4n) is 3.62. The molecule has 0 N–H and O–H groups in total. The lowest BCUT2D eigenvalue weighted by Crippen LogP contribution is -2.43. The Balaban J connectivity index is 1.41. The second-order valence-corrected chi connectivity index (χ2v) is 7.00. The van der Waals surface area contributed by atoms with E-state index in [-0.39, 0.29) is 6.03 Å². The van der Waals surface area contributed by atoms with Crippen LogP contribution >= 0.6 is 0 Å². The van der Waals surface area contributed by atoms with Crippen molar-refractivity contribution in [3.63, 3.8) is 0 Å². The fraction of sp³-hybridized carbons (Fsp3) is 0.273. The number of amides is 1. The van der Waals surface area contributed by atoms with Crippen molar-refractivity contribution in [3.05, 3.63) is 82.6 Å². The molecule has 1 saturated heterocycles. The van der Waals surface area contributed by atoms with Gasteiger partial charge in [-0.15, -0.1) is 0 Å². The van der Waals surface area contributed by atoms with Gasteiger partial charge >= 0.3 is 6.03 Å². The van der Waals surface area contributed by atoms with E-state index in [0.29, 0.717) is 24.8 Å². The van der Waals surface area contributed by atoms with E-state index in [4.69, 9.17) is 4.52 Å². The maximum absolute atomic E-state index is 12.7. The number of carbonyl (C=O) groups is 1. The van der Waals surface area contributed by atoms with Crippen molar-refractivity contribution >= 4 is 6.03 Å². The van der Waals surface area contributed by atoms with Crippen LogP contribution in [0.3, 0.4) is 0 Å². The number of hydrogen-bond acceptors (Lipinski definition) is 3. The quantitative estimate of drug-likeness (QED) is 0.707. The highest BCUT2D eigenvalue weighted by Crippen LogP contribution is 2.23. The van der Waals surface area contributed by atoms with Crippen LogP contribution in [-0.2, 0) is 6.42 Å². The van der Waals surface area contributed by atoms with Crippen molar-refractivity contribution in [2.24, 2.45) is 5.92 Å². The average Bonchev–Trinajstić information content (AvgIpc) is 3.11. The van der Waals surface area contributed by atoms with Crippen molar-refractivity contribution in [2.75, 3.05) is 13.1 Å². The Hall–Kier alpha value is -3.08. The number of nitrogens with zero attached hydrogens (tertiary/aromatic N) is 2. The first-order valence-corrected chi connectivity index (χ1v) is 9.33. The summed E-state index contributed by atoms with van der Waals surface area (Å²) in [6, 6.07) is 20.7. The van der Waals surface area contributed by atoms with Crippen LogP contribution < -0.4 is 5.56 Å². The Morgan fingerprint density at radius 2 is 1.59 bits per heavy atom. The third kappa shape index (κ3) is 3.87. The monoisotopic (exact) mass is 362 g/mol. The molecule has 0 saturated carbocycles. The highest BCUT2D eigenvalue weighted by molar-refractivity contribution is 5.76. The summed E-state index contributed by atoms with van der Waals surface area (Å²) in [5, 5.41) is 0. The lowest BCUT2D eigenvalue weighted by atomic mass is 9.90. The third-order valence-corrected chi connectivity index (χ3v) is 5.13. The highest BCUT2D eigenvalue weighted by atomic mass is 16.5. The van der Waals surface area contributed by atoms with Crippen LogP contribution in [-0.4, -0.2) is 28.8 Å². The van der Waals surface area contributed by atoms with Crippen molar-refractivity contribution in [1.82, 2.24) is 9.64 Å². The van der Waals surface area contributed by atoms with Gasteiger partial charge in [-0.1, -0.05) is 65.4 Å². The minimum atomic E-state index is -0.426. The van der Waals surface area contributed by atoms with Crippen LogP contribution in [0.5, 0.6) is 0 Å². The average molecular weight is 362 g/mol. The molecule has 0 spiro atoms. The first-order valence-electron chi connectivity index (χ1n) is 9.33. The van der Waals surface area contributed by atoms with E-state index in [1.54, 1.807) is 4.90 Å². The van der Waals surface area contributed by atoms with Crippen LogP contribution in [0.4, 0.5) is 4.79 Å². The first kappa shape index (κ1) is 17.3. The summed E-state index contributed by atoms with van der Waals surface area (Å²) in [4.78, 5) is 26.7. The van der Waals surface area contributed by atoms with Gasteiger partial charge in [0.1, 0.15) is 0 Å². The normalized spacial score (nSPS) is 15.0. The predicted octanol–water partition coefficient (Wildman–Crippen LogP) is 4.03. The minimum absolute atomic E-state index is 0.375. The second-order valence-electron chi connectivity index (χ2n) is 7.00. The number of piperidine rings is 1. The van der Waals surface area contributed by atoms with E-state index in [9.17, 15) is 9.59 Å². The van der Waals surface area contributed by atoms with Gasteiger partial charge in [0, 0.05) is 18.7 Å². The molecule has 0 unspecified atom stereocenters. The summed E-state index contributed by atoms with van der Waals surface area (Å²) in [5.74, 6) is 0.970. The number of aromatic nitrogens is 1. The number of benzene rings is 2. The molecule has 0 atom stereocenters. The Morgan fingerprint density at radius 3 is 2.26 bits per heavy atom. The van der Waals surface area contributed by atoms with Gasteiger partial charge in [0.2, 0.25) is 0 Å². The highest BCUT2D eigenvalue weighted by Gasteiger charge is 2.26. The zero-order valence-corrected chi connectivity index (χ0v) is 15.1. The molecule has 2 aromatic carbocycles. The maximum atomic E-state index is 12.7. The summed E-state index contributed by atoms with van der Waals surface area (Å²) < 4.78 is 6.43. The molecule has 3 aromatic rings. The minimum Gasteiger partial charge on any atom is -0.366 e. The molecule has 1 aromatic heterocycles. The summed E-state index contributed by atoms with van der Waals surface area (Å²) >= 11 is 0.